The van der Waals surface area contributed by atoms with Gasteiger partial charge in [0.25, 0.3) is 0 Å². The zero-order valence-electron chi connectivity index (χ0n) is 50.6. The summed E-state index contributed by atoms with van der Waals surface area (Å²) >= 11 is 0. The molecule has 12 heteroatoms. The van der Waals surface area contributed by atoms with Gasteiger partial charge in [0.05, 0.1) is 117 Å². The SMILES string of the molecule is COc1ccc2c(c1)c1ccccc1n1c3cccnc3cc21.COc1ccc2c(c1)c1ccccc1n1c3cccnc3cc21.COc1ccc2c(c1)c1ccccc1n1c3cccnc3cc21.COc1ccc2c(c1)c1ccccc1n1c3cccnc3cc21. The molecule has 0 atom stereocenters. The van der Waals surface area contributed by atoms with Gasteiger partial charge in [0.15, 0.2) is 0 Å². The predicted octanol–water partition coefficient (Wildman–Crippen LogP) is 19.2. The molecule has 12 aromatic heterocycles. The second-order valence-corrected chi connectivity index (χ2v) is 22.8. The minimum Gasteiger partial charge on any atom is -0.497 e. The van der Waals surface area contributed by atoms with E-state index in [0.29, 0.717) is 0 Å². The average molecular weight is 1190 g/mol. The minimum atomic E-state index is 0.876. The Kier molecular flexibility index (Phi) is 12.8. The standard InChI is InChI=1S/4C20H14N2O/c4*1-23-13-8-9-15-16(11-13)14-5-2-3-6-18(14)22-19-7-4-10-21-17(19)12-20(15)22/h4*2-12H,1H3. The zero-order chi connectivity index (χ0) is 61.6. The van der Waals surface area contributed by atoms with Crippen LogP contribution in [0.15, 0.2) is 267 Å². The lowest BCUT2D eigenvalue weighted by Gasteiger charge is -2.11. The van der Waals surface area contributed by atoms with Gasteiger partial charge in [0.2, 0.25) is 0 Å². The van der Waals surface area contributed by atoms with E-state index in [9.17, 15) is 0 Å². The van der Waals surface area contributed by atoms with Crippen LogP contribution in [0.25, 0.3) is 153 Å². The van der Waals surface area contributed by atoms with E-state index in [1.54, 1.807) is 28.4 Å². The summed E-state index contributed by atoms with van der Waals surface area (Å²) in [4.78, 5) is 18.1. The Morgan fingerprint density at radius 2 is 0.402 bits per heavy atom. The number of nitrogens with zero attached hydrogens (tertiary/aromatic N) is 8. The number of hydrogen-bond acceptors (Lipinski definition) is 8. The quantitative estimate of drug-likeness (QED) is 0.160. The predicted molar refractivity (Wildman–Crippen MR) is 377 cm³/mol. The fourth-order valence-electron chi connectivity index (χ4n) is 13.9. The third-order valence-electron chi connectivity index (χ3n) is 18.0. The van der Waals surface area contributed by atoms with Gasteiger partial charge in [-0.2, -0.15) is 0 Å². The third kappa shape index (κ3) is 8.52. The Bertz CT molecular complexity index is 5590. The average Bonchev–Trinajstić information content (AvgIpc) is 1.56. The van der Waals surface area contributed by atoms with E-state index >= 15 is 0 Å². The number of hydrogen-bond donors (Lipinski definition) is 0. The van der Waals surface area contributed by atoms with Crippen molar-refractivity contribution in [2.45, 2.75) is 0 Å². The lowest BCUT2D eigenvalue weighted by molar-refractivity contribution is 0.415. The molecule has 20 aromatic rings. The van der Waals surface area contributed by atoms with Crippen LogP contribution in [0.5, 0.6) is 23.0 Å². The summed E-state index contributed by atoms with van der Waals surface area (Å²) < 4.78 is 30.9. The molecule has 0 saturated heterocycles. The van der Waals surface area contributed by atoms with Crippen molar-refractivity contribution in [3.8, 4) is 23.0 Å². The summed E-state index contributed by atoms with van der Waals surface area (Å²) in [5.41, 5.74) is 18.1. The first-order chi connectivity index (χ1) is 45.5. The Morgan fingerprint density at radius 3 is 0.630 bits per heavy atom. The topological polar surface area (TPSA) is 106 Å². The molecule has 12 nitrogen and oxygen atoms in total. The van der Waals surface area contributed by atoms with Gasteiger partial charge in [-0.25, -0.2) is 0 Å². The van der Waals surface area contributed by atoms with Gasteiger partial charge >= 0.3 is 0 Å². The molecule has 440 valence electrons. The second-order valence-electron chi connectivity index (χ2n) is 22.8. The van der Waals surface area contributed by atoms with Crippen LogP contribution in [-0.4, -0.2) is 66.0 Å². The smallest absolute Gasteiger partial charge is 0.119 e. The lowest BCUT2D eigenvalue weighted by atomic mass is 10.0. The lowest BCUT2D eigenvalue weighted by Crippen LogP contribution is -1.91. The Labute approximate surface area is 525 Å². The molecular weight excluding hydrogens is 1140 g/mol. The van der Waals surface area contributed by atoms with Gasteiger partial charge in [-0.05, 0) is 191 Å². The molecule has 20 rings (SSSR count). The first-order valence-electron chi connectivity index (χ1n) is 30.5. The Hall–Kier alpha value is -12.3. The van der Waals surface area contributed by atoms with Crippen LogP contribution in [-0.2, 0) is 0 Å². The Balaban J connectivity index is 0.0000000939. The van der Waals surface area contributed by atoms with Gasteiger partial charge < -0.3 is 36.6 Å². The molecule has 0 aliphatic carbocycles. The van der Waals surface area contributed by atoms with E-state index in [4.69, 9.17) is 18.9 Å². The van der Waals surface area contributed by atoms with Crippen LogP contribution in [0.4, 0.5) is 0 Å². The van der Waals surface area contributed by atoms with E-state index in [1.165, 1.54) is 109 Å². The maximum atomic E-state index is 5.42. The van der Waals surface area contributed by atoms with Crippen molar-refractivity contribution in [3.05, 3.63) is 267 Å². The molecule has 0 aliphatic rings. The number of para-hydroxylation sites is 4. The van der Waals surface area contributed by atoms with Gasteiger partial charge in [-0.15, -0.1) is 0 Å². The van der Waals surface area contributed by atoms with Crippen molar-refractivity contribution < 1.29 is 18.9 Å². The maximum absolute atomic E-state index is 5.42. The summed E-state index contributed by atoms with van der Waals surface area (Å²) in [6, 6.07) is 84.1. The molecule has 12 heterocycles. The molecule has 0 fully saturated rings. The van der Waals surface area contributed by atoms with E-state index in [-0.39, 0.29) is 0 Å². The molecule has 0 unspecified atom stereocenters. The summed E-state index contributed by atoms with van der Waals surface area (Å²) in [7, 11) is 6.82. The first kappa shape index (κ1) is 53.9. The van der Waals surface area contributed by atoms with Crippen molar-refractivity contribution in [1.82, 2.24) is 37.5 Å². The van der Waals surface area contributed by atoms with Crippen LogP contribution in [0.3, 0.4) is 0 Å². The van der Waals surface area contributed by atoms with Crippen molar-refractivity contribution in [1.29, 1.82) is 0 Å². The molecule has 0 aliphatic heterocycles. The highest BCUT2D eigenvalue weighted by Crippen LogP contribution is 2.40. The number of aromatic nitrogens is 8. The highest BCUT2D eigenvalue weighted by molar-refractivity contribution is 6.19. The van der Waals surface area contributed by atoms with Crippen molar-refractivity contribution in [2.75, 3.05) is 28.4 Å². The summed E-state index contributed by atoms with van der Waals surface area (Å²) in [5, 5.41) is 14.5. The fourth-order valence-corrected chi connectivity index (χ4v) is 13.9. The molecule has 0 N–H and O–H groups in total. The number of fused-ring (bicyclic) bond motifs is 32. The van der Waals surface area contributed by atoms with Crippen LogP contribution in [0, 0.1) is 0 Å². The van der Waals surface area contributed by atoms with E-state index in [0.717, 1.165) is 67.1 Å². The Morgan fingerprint density at radius 1 is 0.196 bits per heavy atom. The molecule has 0 saturated carbocycles. The molecule has 8 aromatic carbocycles. The third-order valence-corrected chi connectivity index (χ3v) is 18.0. The van der Waals surface area contributed by atoms with Crippen molar-refractivity contribution >= 4 is 153 Å². The normalized spacial score (nSPS) is 11.7. The number of ether oxygens (including phenoxy) is 4. The van der Waals surface area contributed by atoms with Gasteiger partial charge in [-0.3, -0.25) is 19.9 Å². The van der Waals surface area contributed by atoms with Crippen LogP contribution < -0.4 is 18.9 Å². The van der Waals surface area contributed by atoms with Gasteiger partial charge in [0, 0.05) is 67.9 Å². The monoisotopic (exact) mass is 1190 g/mol. The highest BCUT2D eigenvalue weighted by atomic mass is 16.5. The molecule has 0 spiro atoms. The number of rotatable bonds is 4. The zero-order valence-corrected chi connectivity index (χ0v) is 50.6. The van der Waals surface area contributed by atoms with Gasteiger partial charge in [-0.1, -0.05) is 72.8 Å². The first-order valence-corrected chi connectivity index (χ1v) is 30.5. The minimum absolute atomic E-state index is 0.876. The van der Waals surface area contributed by atoms with E-state index in [1.807, 2.05) is 73.3 Å². The number of methoxy groups -OCH3 is 4. The van der Waals surface area contributed by atoms with Crippen molar-refractivity contribution in [3.63, 3.8) is 0 Å². The second kappa shape index (κ2) is 21.8. The maximum Gasteiger partial charge on any atom is 0.119 e. The summed E-state index contributed by atoms with van der Waals surface area (Å²) in [6.07, 6.45) is 7.37. The number of pyridine rings is 8. The van der Waals surface area contributed by atoms with E-state index in [2.05, 4.69) is 232 Å². The molecule has 0 bridgehead atoms. The number of benzene rings is 8. The van der Waals surface area contributed by atoms with E-state index < -0.39 is 0 Å². The molecule has 0 radical (unpaired) electrons. The molecule has 92 heavy (non-hydrogen) atoms. The van der Waals surface area contributed by atoms with Gasteiger partial charge in [0.1, 0.15) is 23.0 Å². The van der Waals surface area contributed by atoms with Crippen molar-refractivity contribution in [2.24, 2.45) is 0 Å². The summed E-state index contributed by atoms with van der Waals surface area (Å²) in [6.45, 7) is 0. The molecule has 0 amide bonds. The van der Waals surface area contributed by atoms with Crippen LogP contribution in [0.2, 0.25) is 0 Å². The largest absolute Gasteiger partial charge is 0.497 e. The highest BCUT2D eigenvalue weighted by Gasteiger charge is 2.18. The van der Waals surface area contributed by atoms with Crippen LogP contribution >= 0.6 is 0 Å². The van der Waals surface area contributed by atoms with Crippen LogP contribution in [0.1, 0.15) is 0 Å². The molecular formula is C80H56N8O4. The fraction of sp³-hybridized carbons (Fsp3) is 0.0500. The summed E-state index contributed by atoms with van der Waals surface area (Å²) in [5.74, 6) is 3.50.